The van der Waals surface area contributed by atoms with Crippen molar-refractivity contribution in [3.63, 3.8) is 0 Å². The van der Waals surface area contributed by atoms with E-state index in [1.54, 1.807) is 17.0 Å². The van der Waals surface area contributed by atoms with Crippen LogP contribution in [0.4, 0.5) is 4.39 Å². The highest BCUT2D eigenvalue weighted by molar-refractivity contribution is 9.10. The summed E-state index contributed by atoms with van der Waals surface area (Å²) < 4.78 is 13.8. The quantitative estimate of drug-likeness (QED) is 0.558. The molecule has 1 aliphatic rings. The van der Waals surface area contributed by atoms with Gasteiger partial charge in [0.25, 0.3) is 5.91 Å². The minimum atomic E-state index is -0.300. The number of halogens is 2. The molecule has 0 saturated carbocycles. The minimum absolute atomic E-state index is 0.0227. The summed E-state index contributed by atoms with van der Waals surface area (Å²) in [5.41, 5.74) is 1.63. The van der Waals surface area contributed by atoms with Gasteiger partial charge in [-0.1, -0.05) is 42.5 Å². The van der Waals surface area contributed by atoms with Gasteiger partial charge in [0.1, 0.15) is 5.82 Å². The molecule has 0 spiro atoms. The fourth-order valence-corrected chi connectivity index (χ4v) is 4.55. The van der Waals surface area contributed by atoms with Gasteiger partial charge < -0.3 is 10.2 Å². The Bertz CT molecular complexity index is 1110. The van der Waals surface area contributed by atoms with Crippen LogP contribution in [0, 0.1) is 11.7 Å². The van der Waals surface area contributed by atoms with Crippen LogP contribution in [-0.4, -0.2) is 36.3 Å². The van der Waals surface area contributed by atoms with Gasteiger partial charge in [0.05, 0.1) is 10.4 Å². The zero-order valence-corrected chi connectivity index (χ0v) is 18.7. The van der Waals surface area contributed by atoms with Crippen LogP contribution in [0.1, 0.15) is 28.8 Å². The predicted octanol–water partition coefficient (Wildman–Crippen LogP) is 4.95. The number of rotatable bonds is 5. The summed E-state index contributed by atoms with van der Waals surface area (Å²) in [5.74, 6) is -0.569. The molecule has 1 atom stereocenters. The smallest absolute Gasteiger partial charge is 0.254 e. The van der Waals surface area contributed by atoms with Crippen LogP contribution >= 0.6 is 15.9 Å². The molecule has 160 valence electrons. The van der Waals surface area contributed by atoms with Crippen molar-refractivity contribution < 1.29 is 14.0 Å². The Balaban J connectivity index is 1.36. The van der Waals surface area contributed by atoms with Gasteiger partial charge in [-0.05, 0) is 69.7 Å². The van der Waals surface area contributed by atoms with Crippen molar-refractivity contribution in [2.75, 3.05) is 19.6 Å². The summed E-state index contributed by atoms with van der Waals surface area (Å²) in [4.78, 5) is 27.7. The zero-order valence-electron chi connectivity index (χ0n) is 17.1. The summed E-state index contributed by atoms with van der Waals surface area (Å²) in [6, 6.07) is 18.5. The van der Waals surface area contributed by atoms with Crippen LogP contribution in [-0.2, 0) is 11.2 Å². The molecule has 4 rings (SSSR count). The molecule has 1 heterocycles. The van der Waals surface area contributed by atoms with Crippen LogP contribution in [0.5, 0.6) is 0 Å². The maximum Gasteiger partial charge on any atom is 0.254 e. The molecule has 0 aliphatic carbocycles. The second kappa shape index (κ2) is 9.60. The largest absolute Gasteiger partial charge is 0.355 e. The van der Waals surface area contributed by atoms with Gasteiger partial charge in [-0.2, -0.15) is 0 Å². The third kappa shape index (κ3) is 4.96. The lowest BCUT2D eigenvalue weighted by Gasteiger charge is -2.32. The van der Waals surface area contributed by atoms with Gasteiger partial charge >= 0.3 is 0 Å². The van der Waals surface area contributed by atoms with Gasteiger partial charge in [-0.25, -0.2) is 4.39 Å². The first-order valence-electron chi connectivity index (χ1n) is 10.5. The summed E-state index contributed by atoms with van der Waals surface area (Å²) in [6.07, 6.45) is 2.20. The summed E-state index contributed by atoms with van der Waals surface area (Å²) >= 11 is 3.18. The number of hydrogen-bond donors (Lipinski definition) is 1. The van der Waals surface area contributed by atoms with Crippen LogP contribution < -0.4 is 5.32 Å². The average Bonchev–Trinajstić information content (AvgIpc) is 2.80. The van der Waals surface area contributed by atoms with Gasteiger partial charge in [0.15, 0.2) is 0 Å². The fraction of sp³-hybridized carbons (Fsp3) is 0.280. The van der Waals surface area contributed by atoms with E-state index >= 15 is 0 Å². The van der Waals surface area contributed by atoms with E-state index in [9.17, 15) is 14.0 Å². The number of likely N-dealkylation sites (tertiary alicyclic amines) is 1. The number of amides is 2. The summed E-state index contributed by atoms with van der Waals surface area (Å²) in [5, 5.41) is 4.95. The molecule has 31 heavy (non-hydrogen) atoms. The van der Waals surface area contributed by atoms with Crippen LogP contribution in [0.3, 0.4) is 0 Å². The topological polar surface area (TPSA) is 49.4 Å². The van der Waals surface area contributed by atoms with Crippen LogP contribution in [0.25, 0.3) is 10.8 Å². The van der Waals surface area contributed by atoms with Crippen molar-refractivity contribution in [1.29, 1.82) is 0 Å². The highest BCUT2D eigenvalue weighted by atomic mass is 79.9. The lowest BCUT2D eigenvalue weighted by molar-refractivity contribution is -0.126. The number of hydrogen-bond acceptors (Lipinski definition) is 2. The van der Waals surface area contributed by atoms with Crippen LogP contribution in [0.2, 0.25) is 0 Å². The third-order valence-electron chi connectivity index (χ3n) is 5.80. The van der Waals surface area contributed by atoms with Gasteiger partial charge in [0.2, 0.25) is 5.91 Å². The maximum atomic E-state index is 13.4. The molecule has 1 aliphatic heterocycles. The second-order valence-corrected chi connectivity index (χ2v) is 8.76. The van der Waals surface area contributed by atoms with E-state index in [4.69, 9.17) is 0 Å². The molecule has 0 aromatic heterocycles. The molecule has 6 heteroatoms. The van der Waals surface area contributed by atoms with Crippen LogP contribution in [0.15, 0.2) is 65.1 Å². The lowest BCUT2D eigenvalue weighted by Crippen LogP contribution is -2.45. The number of piperidine rings is 1. The normalized spacial score (nSPS) is 16.3. The Morgan fingerprint density at radius 2 is 1.90 bits per heavy atom. The summed E-state index contributed by atoms with van der Waals surface area (Å²) in [7, 11) is 0. The number of nitrogens with one attached hydrogen (secondary N) is 1. The molecule has 0 bridgehead atoms. The van der Waals surface area contributed by atoms with Gasteiger partial charge in [-0.3, -0.25) is 9.59 Å². The molecule has 4 nitrogen and oxygen atoms in total. The van der Waals surface area contributed by atoms with E-state index in [2.05, 4.69) is 21.2 Å². The first-order chi connectivity index (χ1) is 15.0. The highest BCUT2D eigenvalue weighted by Gasteiger charge is 2.29. The predicted molar refractivity (Wildman–Crippen MR) is 123 cm³/mol. The monoisotopic (exact) mass is 482 g/mol. The third-order valence-corrected chi connectivity index (χ3v) is 6.40. The molecule has 3 aromatic rings. The number of carbonyl (C=O) groups excluding carboxylic acids is 2. The van der Waals surface area contributed by atoms with E-state index in [1.165, 1.54) is 6.07 Å². The van der Waals surface area contributed by atoms with Crippen molar-refractivity contribution in [3.05, 3.63) is 82.1 Å². The van der Waals surface area contributed by atoms with Crippen molar-refractivity contribution in [1.82, 2.24) is 10.2 Å². The fourth-order valence-electron chi connectivity index (χ4n) is 4.13. The molecule has 1 unspecified atom stereocenters. The number of carbonyl (C=O) groups is 2. The SMILES string of the molecule is O=C(NCCc1ccc(F)c(Br)c1)C1CCCN(C(=O)c2cccc3ccccc23)C1. The average molecular weight is 483 g/mol. The minimum Gasteiger partial charge on any atom is -0.355 e. The van der Waals surface area contributed by atoms with Crippen molar-refractivity contribution in [2.45, 2.75) is 19.3 Å². The number of benzene rings is 3. The number of nitrogens with zero attached hydrogens (tertiary/aromatic N) is 1. The first-order valence-corrected chi connectivity index (χ1v) is 11.3. The molecule has 3 aromatic carbocycles. The van der Waals surface area contributed by atoms with Crippen molar-refractivity contribution in [3.8, 4) is 0 Å². The number of fused-ring (bicyclic) bond motifs is 1. The maximum absolute atomic E-state index is 13.4. The lowest BCUT2D eigenvalue weighted by atomic mass is 9.95. The Kier molecular flexibility index (Phi) is 6.66. The molecule has 1 fully saturated rings. The molecular weight excluding hydrogens is 459 g/mol. The standard InChI is InChI=1S/C25H24BrFN2O2/c26-22-15-17(10-11-23(22)27)12-13-28-24(30)19-7-4-14-29(16-19)25(31)21-9-3-6-18-5-1-2-8-20(18)21/h1-3,5-6,8-11,15,19H,4,7,12-14,16H2,(H,28,30). The summed E-state index contributed by atoms with van der Waals surface area (Å²) in [6.45, 7) is 1.57. The van der Waals surface area contributed by atoms with E-state index in [0.717, 1.165) is 29.2 Å². The molecule has 1 saturated heterocycles. The zero-order chi connectivity index (χ0) is 21.8. The second-order valence-electron chi connectivity index (χ2n) is 7.91. The van der Waals surface area contributed by atoms with Crippen molar-refractivity contribution >= 4 is 38.5 Å². The van der Waals surface area contributed by atoms with E-state index in [1.807, 2.05) is 42.5 Å². The molecular formula is C25H24BrFN2O2. The molecule has 1 N–H and O–H groups in total. The Morgan fingerprint density at radius 3 is 2.74 bits per heavy atom. The molecule has 0 radical (unpaired) electrons. The Hall–Kier alpha value is -2.73. The van der Waals surface area contributed by atoms with E-state index < -0.39 is 0 Å². The van der Waals surface area contributed by atoms with E-state index in [-0.39, 0.29) is 23.5 Å². The highest BCUT2D eigenvalue weighted by Crippen LogP contribution is 2.24. The van der Waals surface area contributed by atoms with Gasteiger partial charge in [-0.15, -0.1) is 0 Å². The molecule has 2 amide bonds. The van der Waals surface area contributed by atoms with Crippen molar-refractivity contribution in [2.24, 2.45) is 5.92 Å². The first kappa shape index (κ1) is 21.5. The Morgan fingerprint density at radius 1 is 1.10 bits per heavy atom. The van der Waals surface area contributed by atoms with E-state index in [0.29, 0.717) is 36.1 Å². The Labute approximate surface area is 189 Å². The van der Waals surface area contributed by atoms with Gasteiger partial charge in [0, 0.05) is 25.2 Å².